The molecule has 0 aliphatic carbocycles. The zero-order chi connectivity index (χ0) is 14.5. The van der Waals surface area contributed by atoms with Gasteiger partial charge in [0.05, 0.1) is 0 Å². The van der Waals surface area contributed by atoms with E-state index < -0.39 is 0 Å². The molecule has 1 N–H and O–H groups in total. The molecule has 1 aromatic carbocycles. The van der Waals surface area contributed by atoms with E-state index in [1.807, 2.05) is 36.2 Å². The molecule has 110 valence electrons. The number of piperidine rings is 1. The maximum absolute atomic E-state index is 12.2. The smallest absolute Gasteiger partial charge is 0.317 e. The second-order valence-corrected chi connectivity index (χ2v) is 5.87. The highest BCUT2D eigenvalue weighted by molar-refractivity contribution is 6.30. The maximum Gasteiger partial charge on any atom is 0.317 e. The number of hydrogen-bond acceptors (Lipinski definition) is 2. The summed E-state index contributed by atoms with van der Waals surface area (Å²) in [5.41, 5.74) is 1.02. The molecule has 2 amide bonds. The standard InChI is InChI=1S/C15H22ClN3O/c1-18-8-6-14(7-9-18)19(2)15(20)17-11-12-4-3-5-13(16)10-12/h3-5,10,14H,6-9,11H2,1-2H3,(H,17,20). The predicted molar refractivity (Wildman–Crippen MR) is 82.0 cm³/mol. The Labute approximate surface area is 125 Å². The Morgan fingerprint density at radius 2 is 2.15 bits per heavy atom. The number of benzene rings is 1. The Morgan fingerprint density at radius 3 is 2.80 bits per heavy atom. The Kier molecular flexibility index (Phi) is 5.26. The largest absolute Gasteiger partial charge is 0.334 e. The van der Waals surface area contributed by atoms with Crippen molar-refractivity contribution in [3.05, 3.63) is 34.9 Å². The van der Waals surface area contributed by atoms with Crippen molar-refractivity contribution < 1.29 is 4.79 Å². The van der Waals surface area contributed by atoms with Gasteiger partial charge in [0.1, 0.15) is 0 Å². The molecule has 0 atom stereocenters. The summed E-state index contributed by atoms with van der Waals surface area (Å²) in [5.74, 6) is 0. The van der Waals surface area contributed by atoms with Crippen LogP contribution in [0.2, 0.25) is 5.02 Å². The van der Waals surface area contributed by atoms with E-state index in [1.165, 1.54) is 0 Å². The summed E-state index contributed by atoms with van der Waals surface area (Å²) < 4.78 is 0. The third-order valence-corrected chi connectivity index (χ3v) is 4.12. The van der Waals surface area contributed by atoms with Gasteiger partial charge in [0, 0.05) is 24.7 Å². The van der Waals surface area contributed by atoms with Crippen LogP contribution in [0.15, 0.2) is 24.3 Å². The van der Waals surface area contributed by atoms with Gasteiger partial charge in [0.15, 0.2) is 0 Å². The number of amides is 2. The van der Waals surface area contributed by atoms with Crippen LogP contribution in [0.4, 0.5) is 4.79 Å². The molecule has 1 aliphatic heterocycles. The molecule has 1 aromatic rings. The van der Waals surface area contributed by atoms with Gasteiger partial charge in [0.2, 0.25) is 0 Å². The topological polar surface area (TPSA) is 35.6 Å². The Morgan fingerprint density at radius 1 is 1.45 bits per heavy atom. The van der Waals surface area contributed by atoms with Gasteiger partial charge in [-0.1, -0.05) is 23.7 Å². The molecular formula is C15H22ClN3O. The van der Waals surface area contributed by atoms with E-state index in [0.29, 0.717) is 17.6 Å². The normalized spacial score (nSPS) is 16.9. The van der Waals surface area contributed by atoms with Gasteiger partial charge < -0.3 is 15.1 Å². The fourth-order valence-corrected chi connectivity index (χ4v) is 2.71. The summed E-state index contributed by atoms with van der Waals surface area (Å²) >= 11 is 5.93. The number of carbonyl (C=O) groups excluding carboxylic acids is 1. The molecule has 0 saturated carbocycles. The number of likely N-dealkylation sites (tertiary alicyclic amines) is 1. The molecular weight excluding hydrogens is 274 g/mol. The first-order valence-electron chi connectivity index (χ1n) is 7.00. The number of carbonyl (C=O) groups is 1. The maximum atomic E-state index is 12.2. The zero-order valence-corrected chi connectivity index (χ0v) is 12.9. The van der Waals surface area contributed by atoms with Crippen LogP contribution in [0, 0.1) is 0 Å². The van der Waals surface area contributed by atoms with Crippen LogP contribution in [0.25, 0.3) is 0 Å². The van der Waals surface area contributed by atoms with Gasteiger partial charge in [-0.25, -0.2) is 4.79 Å². The first kappa shape index (κ1) is 15.1. The fourth-order valence-electron chi connectivity index (χ4n) is 2.50. The minimum atomic E-state index is -0.0143. The molecule has 20 heavy (non-hydrogen) atoms. The van der Waals surface area contributed by atoms with Crippen molar-refractivity contribution in [3.63, 3.8) is 0 Å². The van der Waals surface area contributed by atoms with Crippen LogP contribution in [0.5, 0.6) is 0 Å². The van der Waals surface area contributed by atoms with Crippen LogP contribution in [-0.4, -0.2) is 49.1 Å². The molecule has 2 rings (SSSR count). The SMILES string of the molecule is CN1CCC(N(C)C(=O)NCc2cccc(Cl)c2)CC1. The molecule has 1 aliphatic rings. The van der Waals surface area contributed by atoms with E-state index in [-0.39, 0.29) is 6.03 Å². The van der Waals surface area contributed by atoms with Gasteiger partial charge in [-0.3, -0.25) is 0 Å². The highest BCUT2D eigenvalue weighted by Crippen LogP contribution is 2.14. The molecule has 0 bridgehead atoms. The average molecular weight is 296 g/mol. The molecule has 1 saturated heterocycles. The number of nitrogens with zero attached hydrogens (tertiary/aromatic N) is 2. The van der Waals surface area contributed by atoms with E-state index in [4.69, 9.17) is 11.6 Å². The third-order valence-electron chi connectivity index (χ3n) is 3.89. The number of rotatable bonds is 3. The monoisotopic (exact) mass is 295 g/mol. The van der Waals surface area contributed by atoms with Crippen molar-refractivity contribution in [1.29, 1.82) is 0 Å². The lowest BCUT2D eigenvalue weighted by molar-refractivity contribution is 0.147. The summed E-state index contributed by atoms with van der Waals surface area (Å²) in [7, 11) is 4.00. The summed E-state index contributed by atoms with van der Waals surface area (Å²) in [6.07, 6.45) is 2.08. The number of halogens is 1. The molecule has 0 spiro atoms. The molecule has 5 heteroatoms. The molecule has 4 nitrogen and oxygen atoms in total. The van der Waals surface area contributed by atoms with Crippen molar-refractivity contribution in [2.24, 2.45) is 0 Å². The first-order valence-corrected chi connectivity index (χ1v) is 7.37. The van der Waals surface area contributed by atoms with E-state index in [2.05, 4.69) is 17.3 Å². The summed E-state index contributed by atoms with van der Waals surface area (Å²) in [6.45, 7) is 2.61. The lowest BCUT2D eigenvalue weighted by atomic mass is 10.0. The van der Waals surface area contributed by atoms with Gasteiger partial charge >= 0.3 is 6.03 Å². The van der Waals surface area contributed by atoms with Crippen molar-refractivity contribution >= 4 is 17.6 Å². The zero-order valence-electron chi connectivity index (χ0n) is 12.1. The Bertz CT molecular complexity index is 458. The van der Waals surface area contributed by atoms with Gasteiger partial charge in [-0.15, -0.1) is 0 Å². The van der Waals surface area contributed by atoms with Gasteiger partial charge in [-0.2, -0.15) is 0 Å². The van der Waals surface area contributed by atoms with Crippen LogP contribution >= 0.6 is 11.6 Å². The summed E-state index contributed by atoms with van der Waals surface area (Å²) in [5, 5.41) is 3.64. The van der Waals surface area contributed by atoms with Crippen LogP contribution in [0.1, 0.15) is 18.4 Å². The highest BCUT2D eigenvalue weighted by atomic mass is 35.5. The summed E-state index contributed by atoms with van der Waals surface area (Å²) in [4.78, 5) is 16.3. The number of nitrogens with one attached hydrogen (secondary N) is 1. The fraction of sp³-hybridized carbons (Fsp3) is 0.533. The average Bonchev–Trinajstić information content (AvgIpc) is 2.45. The second kappa shape index (κ2) is 6.95. The molecule has 0 unspecified atom stereocenters. The minimum absolute atomic E-state index is 0.0143. The third kappa shape index (κ3) is 4.12. The predicted octanol–water partition coefficient (Wildman–Crippen LogP) is 2.58. The van der Waals surface area contributed by atoms with E-state index in [0.717, 1.165) is 31.5 Å². The van der Waals surface area contributed by atoms with Gasteiger partial charge in [0.25, 0.3) is 0 Å². The molecule has 0 radical (unpaired) electrons. The molecule has 0 aromatic heterocycles. The van der Waals surface area contributed by atoms with Crippen LogP contribution in [0.3, 0.4) is 0 Å². The van der Waals surface area contributed by atoms with Crippen molar-refractivity contribution in [1.82, 2.24) is 15.1 Å². The lowest BCUT2D eigenvalue weighted by Crippen LogP contribution is -2.47. The van der Waals surface area contributed by atoms with Crippen LogP contribution in [-0.2, 0) is 6.54 Å². The van der Waals surface area contributed by atoms with E-state index >= 15 is 0 Å². The minimum Gasteiger partial charge on any atom is -0.334 e. The Balaban J connectivity index is 1.82. The quantitative estimate of drug-likeness (QED) is 0.930. The summed E-state index contributed by atoms with van der Waals surface area (Å²) in [6, 6.07) is 7.88. The van der Waals surface area contributed by atoms with Gasteiger partial charge in [-0.05, 0) is 50.7 Å². The second-order valence-electron chi connectivity index (χ2n) is 5.43. The van der Waals surface area contributed by atoms with Crippen LogP contribution < -0.4 is 5.32 Å². The number of hydrogen-bond donors (Lipinski definition) is 1. The Hall–Kier alpha value is -1.26. The number of urea groups is 1. The van der Waals surface area contributed by atoms with Crippen molar-refractivity contribution in [3.8, 4) is 0 Å². The van der Waals surface area contributed by atoms with Crippen molar-refractivity contribution in [2.75, 3.05) is 27.2 Å². The first-order chi connectivity index (χ1) is 9.56. The van der Waals surface area contributed by atoms with E-state index in [1.54, 1.807) is 0 Å². The van der Waals surface area contributed by atoms with E-state index in [9.17, 15) is 4.79 Å². The lowest BCUT2D eigenvalue weighted by Gasteiger charge is -2.35. The molecule has 1 fully saturated rings. The highest BCUT2D eigenvalue weighted by Gasteiger charge is 2.23. The molecule has 1 heterocycles. The van der Waals surface area contributed by atoms with Crippen molar-refractivity contribution in [2.45, 2.75) is 25.4 Å².